The molecule has 0 spiro atoms. The van der Waals surface area contributed by atoms with E-state index in [-0.39, 0.29) is 18.1 Å². The smallest absolute Gasteiger partial charge is 0.360 e. The molecule has 2 rings (SSSR count). The lowest BCUT2D eigenvalue weighted by atomic mass is 10.2. The summed E-state index contributed by atoms with van der Waals surface area (Å²) in [7, 11) is 0. The summed E-state index contributed by atoms with van der Waals surface area (Å²) in [6.45, 7) is 1.96. The number of fused-ring (bicyclic) bond motifs is 1. The van der Waals surface area contributed by atoms with Gasteiger partial charge in [0, 0.05) is 5.39 Å². The summed E-state index contributed by atoms with van der Waals surface area (Å²) >= 11 is 0. The van der Waals surface area contributed by atoms with Gasteiger partial charge in [-0.25, -0.2) is 9.78 Å². The highest BCUT2D eigenvalue weighted by molar-refractivity contribution is 5.94. The molecule has 0 saturated heterocycles. The van der Waals surface area contributed by atoms with Gasteiger partial charge in [0.05, 0.1) is 12.1 Å². The summed E-state index contributed by atoms with van der Waals surface area (Å²) in [6.07, 6.45) is 0. The highest BCUT2D eigenvalue weighted by atomic mass is 16.5. The molecule has 0 aliphatic heterocycles. The van der Waals surface area contributed by atoms with Gasteiger partial charge in [0.25, 0.3) is 0 Å². The molecule has 1 aromatic heterocycles. The van der Waals surface area contributed by atoms with Crippen LogP contribution in [0.2, 0.25) is 0 Å². The number of para-hydroxylation sites is 1. The van der Waals surface area contributed by atoms with E-state index >= 15 is 0 Å². The van der Waals surface area contributed by atoms with Crippen LogP contribution in [0.4, 0.5) is 0 Å². The summed E-state index contributed by atoms with van der Waals surface area (Å²) in [6, 6.07) is 8.76. The van der Waals surface area contributed by atoms with Crippen LogP contribution in [0.25, 0.3) is 10.9 Å². The number of aromatic hydroxyl groups is 1. The number of hydrogen-bond donors (Lipinski definition) is 1. The number of carbonyl (C=O) groups is 1. The van der Waals surface area contributed by atoms with Gasteiger partial charge >= 0.3 is 5.97 Å². The number of rotatable bonds is 2. The van der Waals surface area contributed by atoms with Gasteiger partial charge in [-0.15, -0.1) is 0 Å². The first-order valence-electron chi connectivity index (χ1n) is 4.98. The zero-order valence-electron chi connectivity index (χ0n) is 8.80. The van der Waals surface area contributed by atoms with Crippen molar-refractivity contribution in [3.63, 3.8) is 0 Å². The van der Waals surface area contributed by atoms with Crippen LogP contribution in [0, 0.1) is 0 Å². The van der Waals surface area contributed by atoms with Gasteiger partial charge in [-0.1, -0.05) is 18.2 Å². The van der Waals surface area contributed by atoms with Crippen molar-refractivity contribution in [2.45, 2.75) is 6.92 Å². The minimum Gasteiger partial charge on any atom is -0.505 e. The maximum atomic E-state index is 11.5. The Morgan fingerprint density at radius 3 is 2.94 bits per heavy atom. The highest BCUT2D eigenvalue weighted by Gasteiger charge is 2.14. The zero-order valence-corrected chi connectivity index (χ0v) is 8.80. The summed E-state index contributed by atoms with van der Waals surface area (Å²) in [4.78, 5) is 15.5. The Balaban J connectivity index is 2.54. The third-order valence-electron chi connectivity index (χ3n) is 2.17. The standard InChI is InChI=1S/C12H11NO3/c1-2-16-12(15)11-10(14)7-8-5-3-4-6-9(8)13-11/h3-7,14H,2H2,1H3. The van der Waals surface area contributed by atoms with E-state index in [2.05, 4.69) is 4.98 Å². The van der Waals surface area contributed by atoms with Gasteiger partial charge in [-0.3, -0.25) is 0 Å². The Bertz CT molecular complexity index is 537. The van der Waals surface area contributed by atoms with Crippen LogP contribution in [-0.2, 0) is 4.74 Å². The van der Waals surface area contributed by atoms with Crippen LogP contribution in [-0.4, -0.2) is 22.7 Å². The fourth-order valence-electron chi connectivity index (χ4n) is 1.45. The number of nitrogens with zero attached hydrogens (tertiary/aromatic N) is 1. The molecule has 0 atom stereocenters. The quantitative estimate of drug-likeness (QED) is 0.783. The monoisotopic (exact) mass is 217 g/mol. The van der Waals surface area contributed by atoms with E-state index in [1.54, 1.807) is 13.0 Å². The number of pyridine rings is 1. The lowest BCUT2D eigenvalue weighted by Gasteiger charge is -2.05. The van der Waals surface area contributed by atoms with E-state index in [0.717, 1.165) is 5.39 Å². The first kappa shape index (κ1) is 10.4. The Labute approximate surface area is 92.5 Å². The van der Waals surface area contributed by atoms with E-state index in [1.165, 1.54) is 6.07 Å². The fraction of sp³-hybridized carbons (Fsp3) is 0.167. The molecule has 1 N–H and O–H groups in total. The normalized spacial score (nSPS) is 10.3. The van der Waals surface area contributed by atoms with Gasteiger partial charge in [0.2, 0.25) is 0 Å². The molecule has 0 aliphatic rings. The molecule has 82 valence electrons. The predicted molar refractivity (Wildman–Crippen MR) is 59.4 cm³/mol. The van der Waals surface area contributed by atoms with Crippen molar-refractivity contribution in [2.75, 3.05) is 6.61 Å². The average Bonchev–Trinajstić information content (AvgIpc) is 2.28. The van der Waals surface area contributed by atoms with E-state index in [0.29, 0.717) is 5.52 Å². The van der Waals surface area contributed by atoms with Gasteiger partial charge < -0.3 is 9.84 Å². The van der Waals surface area contributed by atoms with Gasteiger partial charge in [0.15, 0.2) is 5.69 Å². The van der Waals surface area contributed by atoms with E-state index < -0.39 is 5.97 Å². The SMILES string of the molecule is CCOC(=O)c1nc2ccccc2cc1O. The highest BCUT2D eigenvalue weighted by Crippen LogP contribution is 2.22. The molecule has 0 amide bonds. The van der Waals surface area contributed by atoms with Gasteiger partial charge in [0.1, 0.15) is 5.75 Å². The minimum atomic E-state index is -0.606. The van der Waals surface area contributed by atoms with Crippen molar-refractivity contribution in [1.82, 2.24) is 4.98 Å². The molecule has 0 saturated carbocycles. The van der Waals surface area contributed by atoms with Crippen molar-refractivity contribution < 1.29 is 14.6 Å². The summed E-state index contributed by atoms with van der Waals surface area (Å²) in [5.74, 6) is -0.761. The second kappa shape index (κ2) is 4.18. The fourth-order valence-corrected chi connectivity index (χ4v) is 1.45. The molecule has 1 aromatic carbocycles. The number of esters is 1. The Morgan fingerprint density at radius 2 is 2.19 bits per heavy atom. The summed E-state index contributed by atoms with van der Waals surface area (Å²) in [5, 5.41) is 10.4. The molecular formula is C12H11NO3. The lowest BCUT2D eigenvalue weighted by Crippen LogP contribution is -2.07. The maximum absolute atomic E-state index is 11.5. The van der Waals surface area contributed by atoms with Gasteiger partial charge in [-0.2, -0.15) is 0 Å². The van der Waals surface area contributed by atoms with Crippen molar-refractivity contribution in [2.24, 2.45) is 0 Å². The third kappa shape index (κ3) is 1.82. The van der Waals surface area contributed by atoms with Crippen LogP contribution in [0.1, 0.15) is 17.4 Å². The van der Waals surface area contributed by atoms with Crippen molar-refractivity contribution >= 4 is 16.9 Å². The Hall–Kier alpha value is -2.10. The van der Waals surface area contributed by atoms with Gasteiger partial charge in [-0.05, 0) is 19.1 Å². The molecule has 4 nitrogen and oxygen atoms in total. The minimum absolute atomic E-state index is 0.0412. The molecule has 16 heavy (non-hydrogen) atoms. The number of ether oxygens (including phenoxy) is 1. The third-order valence-corrected chi connectivity index (χ3v) is 2.17. The largest absolute Gasteiger partial charge is 0.505 e. The first-order chi connectivity index (χ1) is 7.72. The number of benzene rings is 1. The molecule has 4 heteroatoms. The summed E-state index contributed by atoms with van der Waals surface area (Å²) in [5.41, 5.74) is 0.615. The number of aromatic nitrogens is 1. The second-order valence-electron chi connectivity index (χ2n) is 3.27. The molecule has 0 radical (unpaired) electrons. The van der Waals surface area contributed by atoms with E-state index in [9.17, 15) is 9.90 Å². The topological polar surface area (TPSA) is 59.4 Å². The maximum Gasteiger partial charge on any atom is 0.360 e. The Morgan fingerprint density at radius 1 is 1.44 bits per heavy atom. The van der Waals surface area contributed by atoms with Crippen molar-refractivity contribution in [1.29, 1.82) is 0 Å². The van der Waals surface area contributed by atoms with Crippen LogP contribution in [0.3, 0.4) is 0 Å². The lowest BCUT2D eigenvalue weighted by molar-refractivity contribution is 0.0516. The number of hydrogen-bond acceptors (Lipinski definition) is 4. The molecular weight excluding hydrogens is 206 g/mol. The zero-order chi connectivity index (χ0) is 11.5. The molecule has 1 heterocycles. The van der Waals surface area contributed by atoms with Crippen molar-refractivity contribution in [3.05, 3.63) is 36.0 Å². The van der Waals surface area contributed by atoms with Crippen LogP contribution >= 0.6 is 0 Å². The molecule has 0 aliphatic carbocycles. The number of carbonyl (C=O) groups excluding carboxylic acids is 1. The average molecular weight is 217 g/mol. The summed E-state index contributed by atoms with van der Waals surface area (Å²) < 4.78 is 4.80. The predicted octanol–water partition coefficient (Wildman–Crippen LogP) is 2.12. The van der Waals surface area contributed by atoms with E-state index in [1.807, 2.05) is 18.2 Å². The van der Waals surface area contributed by atoms with Crippen LogP contribution in [0.15, 0.2) is 30.3 Å². The molecule has 2 aromatic rings. The molecule has 0 bridgehead atoms. The van der Waals surface area contributed by atoms with Crippen LogP contribution in [0.5, 0.6) is 5.75 Å². The molecule has 0 fully saturated rings. The first-order valence-corrected chi connectivity index (χ1v) is 4.98. The van der Waals surface area contributed by atoms with E-state index in [4.69, 9.17) is 4.74 Å². The molecule has 0 unspecified atom stereocenters. The Kier molecular flexibility index (Phi) is 2.72. The van der Waals surface area contributed by atoms with Crippen molar-refractivity contribution in [3.8, 4) is 5.75 Å². The van der Waals surface area contributed by atoms with Crippen LogP contribution < -0.4 is 0 Å². The second-order valence-corrected chi connectivity index (χ2v) is 3.27.